The Morgan fingerprint density at radius 1 is 1.32 bits per heavy atom. The Balaban J connectivity index is 2.06. The topological polar surface area (TPSA) is 30.1 Å². The Morgan fingerprint density at radius 3 is 2.74 bits per heavy atom. The molecule has 0 atom stereocenters. The highest BCUT2D eigenvalue weighted by Gasteiger charge is 2.10. The molecule has 2 aromatic heterocycles. The van der Waals surface area contributed by atoms with Crippen molar-refractivity contribution >= 4 is 0 Å². The lowest BCUT2D eigenvalue weighted by Crippen LogP contribution is -2.19. The molecular weight excluding hydrogens is 236 g/mol. The maximum Gasteiger partial charge on any atom is 0.123 e. The third-order valence-corrected chi connectivity index (χ3v) is 3.44. The number of rotatable bonds is 6. The van der Waals surface area contributed by atoms with Crippen LogP contribution in [-0.4, -0.2) is 11.1 Å². The van der Waals surface area contributed by atoms with Gasteiger partial charge in [-0.15, -0.1) is 0 Å². The van der Waals surface area contributed by atoms with Crippen LogP contribution in [0.15, 0.2) is 28.9 Å². The zero-order chi connectivity index (χ0) is 13.8. The Morgan fingerprint density at radius 2 is 2.11 bits per heavy atom. The van der Waals surface area contributed by atoms with Crippen LogP contribution in [0.5, 0.6) is 0 Å². The van der Waals surface area contributed by atoms with Crippen molar-refractivity contribution in [2.75, 3.05) is 6.54 Å². The summed E-state index contributed by atoms with van der Waals surface area (Å²) >= 11 is 0. The van der Waals surface area contributed by atoms with E-state index in [1.807, 2.05) is 12.1 Å². The minimum absolute atomic E-state index is 0.687. The zero-order valence-corrected chi connectivity index (χ0v) is 12.4. The molecule has 2 aromatic rings. The van der Waals surface area contributed by atoms with Crippen molar-refractivity contribution in [1.29, 1.82) is 0 Å². The Hall–Kier alpha value is -1.48. The molecule has 19 heavy (non-hydrogen) atoms. The van der Waals surface area contributed by atoms with Gasteiger partial charge in [0.2, 0.25) is 0 Å². The van der Waals surface area contributed by atoms with E-state index in [-0.39, 0.29) is 0 Å². The van der Waals surface area contributed by atoms with E-state index >= 15 is 0 Å². The first-order valence-corrected chi connectivity index (χ1v) is 6.96. The summed E-state index contributed by atoms with van der Waals surface area (Å²) in [6.07, 6.45) is 1.73. The molecule has 0 aliphatic rings. The Labute approximate surface area is 115 Å². The van der Waals surface area contributed by atoms with Crippen LogP contribution in [0.1, 0.15) is 36.6 Å². The van der Waals surface area contributed by atoms with E-state index in [1.54, 1.807) is 6.26 Å². The standard InChI is InChI=1S/C16H24N2O/c1-12(2)9-17-10-15-8-13(3)18(14(15)4)11-16-6-5-7-19-16/h5-8,12,17H,9-11H2,1-4H3. The van der Waals surface area contributed by atoms with Crippen LogP contribution < -0.4 is 5.32 Å². The van der Waals surface area contributed by atoms with Crippen LogP contribution >= 0.6 is 0 Å². The van der Waals surface area contributed by atoms with Gasteiger partial charge < -0.3 is 14.3 Å². The molecular formula is C16H24N2O. The van der Waals surface area contributed by atoms with Crippen molar-refractivity contribution in [3.63, 3.8) is 0 Å². The fourth-order valence-corrected chi connectivity index (χ4v) is 2.35. The summed E-state index contributed by atoms with van der Waals surface area (Å²) < 4.78 is 7.74. The van der Waals surface area contributed by atoms with Crippen LogP contribution in [0.4, 0.5) is 0 Å². The highest BCUT2D eigenvalue weighted by molar-refractivity contribution is 5.27. The molecule has 3 nitrogen and oxygen atoms in total. The van der Waals surface area contributed by atoms with Crippen LogP contribution in [0.2, 0.25) is 0 Å². The highest BCUT2D eigenvalue weighted by Crippen LogP contribution is 2.17. The SMILES string of the molecule is Cc1cc(CNCC(C)C)c(C)n1Cc1ccco1. The Bertz CT molecular complexity index is 509. The molecule has 3 heteroatoms. The first-order chi connectivity index (χ1) is 9.08. The molecule has 0 amide bonds. The van der Waals surface area contributed by atoms with Gasteiger partial charge in [0.25, 0.3) is 0 Å². The molecule has 0 aliphatic heterocycles. The van der Waals surface area contributed by atoms with E-state index in [1.165, 1.54) is 17.0 Å². The first-order valence-electron chi connectivity index (χ1n) is 6.96. The zero-order valence-electron chi connectivity index (χ0n) is 12.4. The van der Waals surface area contributed by atoms with Gasteiger partial charge in [0, 0.05) is 17.9 Å². The molecule has 0 aromatic carbocycles. The van der Waals surface area contributed by atoms with Crippen LogP contribution in [0, 0.1) is 19.8 Å². The molecule has 1 N–H and O–H groups in total. The average molecular weight is 260 g/mol. The molecule has 0 unspecified atom stereocenters. The summed E-state index contributed by atoms with van der Waals surface area (Å²) in [5, 5.41) is 3.50. The van der Waals surface area contributed by atoms with Gasteiger partial charge in [0.1, 0.15) is 5.76 Å². The van der Waals surface area contributed by atoms with Crippen molar-refractivity contribution in [2.24, 2.45) is 5.92 Å². The average Bonchev–Trinajstić information content (AvgIpc) is 2.93. The van der Waals surface area contributed by atoms with E-state index in [4.69, 9.17) is 4.42 Å². The number of aromatic nitrogens is 1. The number of hydrogen-bond donors (Lipinski definition) is 1. The van der Waals surface area contributed by atoms with Gasteiger partial charge in [-0.05, 0) is 50.1 Å². The second-order valence-corrected chi connectivity index (χ2v) is 5.59. The second kappa shape index (κ2) is 6.11. The summed E-state index contributed by atoms with van der Waals surface area (Å²) in [5.74, 6) is 1.69. The molecule has 0 saturated carbocycles. The third-order valence-electron chi connectivity index (χ3n) is 3.44. The second-order valence-electron chi connectivity index (χ2n) is 5.59. The molecule has 0 fully saturated rings. The van der Waals surface area contributed by atoms with Crippen LogP contribution in [0.25, 0.3) is 0 Å². The number of nitrogens with zero attached hydrogens (tertiary/aromatic N) is 1. The maximum absolute atomic E-state index is 5.43. The normalized spacial score (nSPS) is 11.4. The number of aryl methyl sites for hydroxylation is 1. The fraction of sp³-hybridized carbons (Fsp3) is 0.500. The molecule has 2 heterocycles. The van der Waals surface area contributed by atoms with E-state index in [2.05, 4.69) is 43.6 Å². The Kier molecular flexibility index (Phi) is 4.48. The van der Waals surface area contributed by atoms with Crippen molar-refractivity contribution < 1.29 is 4.42 Å². The predicted molar refractivity (Wildman–Crippen MR) is 78.3 cm³/mol. The van der Waals surface area contributed by atoms with Gasteiger partial charge in [0.15, 0.2) is 0 Å². The van der Waals surface area contributed by atoms with E-state index in [0.29, 0.717) is 5.92 Å². The fourth-order valence-electron chi connectivity index (χ4n) is 2.35. The lowest BCUT2D eigenvalue weighted by molar-refractivity contribution is 0.488. The quantitative estimate of drug-likeness (QED) is 0.861. The monoisotopic (exact) mass is 260 g/mol. The molecule has 0 bridgehead atoms. The molecule has 0 aliphatic carbocycles. The summed E-state index contributed by atoms with van der Waals surface area (Å²) in [6, 6.07) is 6.23. The molecule has 2 rings (SSSR count). The van der Waals surface area contributed by atoms with Gasteiger partial charge in [-0.1, -0.05) is 13.8 Å². The largest absolute Gasteiger partial charge is 0.467 e. The van der Waals surface area contributed by atoms with Crippen LogP contribution in [0.3, 0.4) is 0 Å². The lowest BCUT2D eigenvalue weighted by atomic mass is 10.2. The first kappa shape index (κ1) is 13.9. The van der Waals surface area contributed by atoms with Gasteiger partial charge in [0.05, 0.1) is 12.8 Å². The smallest absolute Gasteiger partial charge is 0.123 e. The van der Waals surface area contributed by atoms with Gasteiger partial charge in [-0.2, -0.15) is 0 Å². The maximum atomic E-state index is 5.43. The summed E-state index contributed by atoms with van der Waals surface area (Å²) in [6.45, 7) is 11.6. The number of furan rings is 1. The lowest BCUT2D eigenvalue weighted by Gasteiger charge is -2.09. The van der Waals surface area contributed by atoms with E-state index in [0.717, 1.165) is 25.4 Å². The summed E-state index contributed by atoms with van der Waals surface area (Å²) in [4.78, 5) is 0. The third kappa shape index (κ3) is 3.51. The van der Waals surface area contributed by atoms with Crippen molar-refractivity contribution in [1.82, 2.24) is 9.88 Å². The molecule has 104 valence electrons. The predicted octanol–water partition coefficient (Wildman–Crippen LogP) is 3.49. The minimum atomic E-state index is 0.687. The van der Waals surface area contributed by atoms with Crippen molar-refractivity contribution in [3.8, 4) is 0 Å². The number of nitrogens with one attached hydrogen (secondary N) is 1. The van der Waals surface area contributed by atoms with E-state index < -0.39 is 0 Å². The number of hydrogen-bond acceptors (Lipinski definition) is 2. The van der Waals surface area contributed by atoms with Crippen molar-refractivity contribution in [3.05, 3.63) is 47.2 Å². The summed E-state index contributed by atoms with van der Waals surface area (Å²) in [7, 11) is 0. The summed E-state index contributed by atoms with van der Waals surface area (Å²) in [5.41, 5.74) is 3.99. The van der Waals surface area contributed by atoms with Gasteiger partial charge >= 0.3 is 0 Å². The molecule has 0 saturated heterocycles. The highest BCUT2D eigenvalue weighted by atomic mass is 16.3. The van der Waals surface area contributed by atoms with Gasteiger partial charge in [-0.25, -0.2) is 0 Å². The van der Waals surface area contributed by atoms with Gasteiger partial charge in [-0.3, -0.25) is 0 Å². The van der Waals surface area contributed by atoms with Crippen LogP contribution in [-0.2, 0) is 13.1 Å². The van der Waals surface area contributed by atoms with E-state index in [9.17, 15) is 0 Å². The van der Waals surface area contributed by atoms with Crippen molar-refractivity contribution in [2.45, 2.75) is 40.8 Å². The molecule has 0 radical (unpaired) electrons. The molecule has 0 spiro atoms. The minimum Gasteiger partial charge on any atom is -0.467 e.